The molecule has 0 saturated heterocycles. The number of alkyl halides is 3. The van der Waals surface area contributed by atoms with Crippen molar-refractivity contribution in [1.29, 1.82) is 0 Å². The molecule has 1 amide bonds. The molecule has 6 heteroatoms. The summed E-state index contributed by atoms with van der Waals surface area (Å²) in [5, 5.41) is 2.66. The van der Waals surface area contributed by atoms with Gasteiger partial charge in [-0.25, -0.2) is 0 Å². The fourth-order valence-electron chi connectivity index (χ4n) is 1.97. The summed E-state index contributed by atoms with van der Waals surface area (Å²) in [6.07, 6.45) is -4.42. The molecule has 0 bridgehead atoms. The molecular formula is C16H14F3NO2. The molecule has 0 fully saturated rings. The molecule has 2 rings (SSSR count). The fraction of sp³-hybridized carbons (Fsp3) is 0.188. The summed E-state index contributed by atoms with van der Waals surface area (Å²) >= 11 is 0. The highest BCUT2D eigenvalue weighted by Crippen LogP contribution is 2.30. The van der Waals surface area contributed by atoms with Crippen molar-refractivity contribution < 1.29 is 22.7 Å². The van der Waals surface area contributed by atoms with Gasteiger partial charge in [-0.05, 0) is 42.8 Å². The Morgan fingerprint density at radius 2 is 1.73 bits per heavy atom. The SMILES string of the molecule is COc1cccc(C)c1NC(=O)c1ccc(C(F)(F)F)cc1. The molecule has 22 heavy (non-hydrogen) atoms. The molecule has 1 N–H and O–H groups in total. The predicted molar refractivity (Wildman–Crippen MR) is 77.1 cm³/mol. The van der Waals surface area contributed by atoms with Crippen molar-refractivity contribution in [3.05, 3.63) is 59.2 Å². The number of halogens is 3. The summed E-state index contributed by atoms with van der Waals surface area (Å²) in [5.41, 5.74) is 0.630. The van der Waals surface area contributed by atoms with E-state index in [1.54, 1.807) is 25.1 Å². The van der Waals surface area contributed by atoms with Crippen LogP contribution in [0, 0.1) is 6.92 Å². The predicted octanol–water partition coefficient (Wildman–Crippen LogP) is 4.27. The van der Waals surface area contributed by atoms with Gasteiger partial charge in [-0.3, -0.25) is 4.79 Å². The molecule has 0 aliphatic heterocycles. The average Bonchev–Trinajstić information content (AvgIpc) is 2.48. The van der Waals surface area contributed by atoms with E-state index in [1.807, 2.05) is 0 Å². The number of nitrogens with one attached hydrogen (secondary N) is 1. The lowest BCUT2D eigenvalue weighted by molar-refractivity contribution is -0.137. The summed E-state index contributed by atoms with van der Waals surface area (Å²) < 4.78 is 42.7. The van der Waals surface area contributed by atoms with Gasteiger partial charge in [0.15, 0.2) is 0 Å². The standard InChI is InChI=1S/C16H14F3NO2/c1-10-4-3-5-13(22-2)14(10)20-15(21)11-6-8-12(9-7-11)16(17,18)19/h3-9H,1-2H3,(H,20,21). The first-order valence-corrected chi connectivity index (χ1v) is 6.45. The number of carbonyl (C=O) groups excluding carboxylic acids is 1. The fourth-order valence-corrected chi connectivity index (χ4v) is 1.97. The highest BCUT2D eigenvalue weighted by molar-refractivity contribution is 6.05. The van der Waals surface area contributed by atoms with Crippen LogP contribution in [0.25, 0.3) is 0 Å². The van der Waals surface area contributed by atoms with Crippen LogP contribution in [0.2, 0.25) is 0 Å². The van der Waals surface area contributed by atoms with Crippen LogP contribution in [0.15, 0.2) is 42.5 Å². The van der Waals surface area contributed by atoms with E-state index in [0.29, 0.717) is 11.4 Å². The Hall–Kier alpha value is -2.50. The van der Waals surface area contributed by atoms with Crippen molar-refractivity contribution in [2.75, 3.05) is 12.4 Å². The van der Waals surface area contributed by atoms with Crippen molar-refractivity contribution in [3.8, 4) is 5.75 Å². The maximum Gasteiger partial charge on any atom is 0.416 e. The number of aryl methyl sites for hydroxylation is 1. The van der Waals surface area contributed by atoms with Gasteiger partial charge in [-0.15, -0.1) is 0 Å². The van der Waals surface area contributed by atoms with Crippen molar-refractivity contribution in [1.82, 2.24) is 0 Å². The van der Waals surface area contributed by atoms with Crippen molar-refractivity contribution >= 4 is 11.6 Å². The minimum absolute atomic E-state index is 0.137. The van der Waals surface area contributed by atoms with E-state index in [-0.39, 0.29) is 5.56 Å². The number of benzene rings is 2. The molecule has 3 nitrogen and oxygen atoms in total. The largest absolute Gasteiger partial charge is 0.495 e. The molecule has 0 saturated carbocycles. The van der Waals surface area contributed by atoms with E-state index < -0.39 is 17.6 Å². The number of para-hydroxylation sites is 1. The smallest absolute Gasteiger partial charge is 0.416 e. The number of ether oxygens (including phenoxy) is 1. The highest BCUT2D eigenvalue weighted by atomic mass is 19.4. The third-order valence-corrected chi connectivity index (χ3v) is 3.17. The molecule has 0 radical (unpaired) electrons. The lowest BCUT2D eigenvalue weighted by Crippen LogP contribution is -2.14. The molecule has 2 aromatic rings. The van der Waals surface area contributed by atoms with Gasteiger partial charge in [0, 0.05) is 5.56 Å². The summed E-state index contributed by atoms with van der Waals surface area (Å²) in [4.78, 5) is 12.1. The van der Waals surface area contributed by atoms with Crippen LogP contribution >= 0.6 is 0 Å². The van der Waals surface area contributed by atoms with E-state index in [9.17, 15) is 18.0 Å². The zero-order valence-electron chi connectivity index (χ0n) is 12.0. The number of methoxy groups -OCH3 is 1. The minimum atomic E-state index is -4.42. The average molecular weight is 309 g/mol. The van der Waals surface area contributed by atoms with Gasteiger partial charge in [-0.1, -0.05) is 12.1 Å². The Bertz CT molecular complexity index is 679. The molecule has 0 atom stereocenters. The lowest BCUT2D eigenvalue weighted by atomic mass is 10.1. The van der Waals surface area contributed by atoms with E-state index in [1.165, 1.54) is 7.11 Å². The monoisotopic (exact) mass is 309 g/mol. The third-order valence-electron chi connectivity index (χ3n) is 3.17. The Labute approximate surface area is 125 Å². The van der Waals surface area contributed by atoms with Gasteiger partial charge in [0.1, 0.15) is 5.75 Å². The second-order valence-corrected chi connectivity index (χ2v) is 4.68. The van der Waals surface area contributed by atoms with E-state index in [4.69, 9.17) is 4.74 Å². The van der Waals surface area contributed by atoms with Gasteiger partial charge in [0.2, 0.25) is 0 Å². The summed E-state index contributed by atoms with van der Waals surface area (Å²) in [5.74, 6) is -0.0124. The second-order valence-electron chi connectivity index (χ2n) is 4.68. The molecule has 0 aliphatic carbocycles. The molecule has 0 aliphatic rings. The van der Waals surface area contributed by atoms with E-state index >= 15 is 0 Å². The Morgan fingerprint density at radius 1 is 1.09 bits per heavy atom. The zero-order chi connectivity index (χ0) is 16.3. The molecule has 2 aromatic carbocycles. The number of rotatable bonds is 3. The number of anilines is 1. The Morgan fingerprint density at radius 3 is 2.27 bits per heavy atom. The van der Waals surface area contributed by atoms with Crippen LogP contribution in [0.4, 0.5) is 18.9 Å². The van der Waals surface area contributed by atoms with Crippen molar-refractivity contribution in [3.63, 3.8) is 0 Å². The van der Waals surface area contributed by atoms with E-state index in [0.717, 1.165) is 29.8 Å². The van der Waals surface area contributed by atoms with Crippen molar-refractivity contribution in [2.45, 2.75) is 13.1 Å². The molecule has 0 unspecified atom stereocenters. The summed E-state index contributed by atoms with van der Waals surface area (Å²) in [6.45, 7) is 1.80. The van der Waals surface area contributed by atoms with E-state index in [2.05, 4.69) is 5.32 Å². The first-order chi connectivity index (χ1) is 10.3. The third kappa shape index (κ3) is 3.39. The maximum absolute atomic E-state index is 12.5. The number of carbonyl (C=O) groups is 1. The summed E-state index contributed by atoms with van der Waals surface area (Å²) in [6, 6.07) is 9.31. The van der Waals surface area contributed by atoms with Gasteiger partial charge in [-0.2, -0.15) is 13.2 Å². The normalized spacial score (nSPS) is 11.1. The van der Waals surface area contributed by atoms with Crippen molar-refractivity contribution in [2.24, 2.45) is 0 Å². The Kier molecular flexibility index (Phi) is 4.40. The van der Waals surface area contributed by atoms with Crippen LogP contribution in [0.3, 0.4) is 0 Å². The lowest BCUT2D eigenvalue weighted by Gasteiger charge is -2.13. The van der Waals surface area contributed by atoms with Gasteiger partial charge in [0.05, 0.1) is 18.4 Å². The molecule has 0 aromatic heterocycles. The quantitative estimate of drug-likeness (QED) is 0.919. The van der Waals surface area contributed by atoms with Crippen LogP contribution in [-0.2, 0) is 6.18 Å². The Balaban J connectivity index is 2.23. The number of hydrogen-bond acceptors (Lipinski definition) is 2. The molecule has 0 spiro atoms. The number of amides is 1. The number of hydrogen-bond donors (Lipinski definition) is 1. The van der Waals surface area contributed by atoms with Crippen LogP contribution in [-0.4, -0.2) is 13.0 Å². The maximum atomic E-state index is 12.5. The van der Waals surface area contributed by atoms with Gasteiger partial charge >= 0.3 is 6.18 Å². The first-order valence-electron chi connectivity index (χ1n) is 6.45. The molecule has 0 heterocycles. The topological polar surface area (TPSA) is 38.3 Å². The zero-order valence-corrected chi connectivity index (χ0v) is 12.0. The highest BCUT2D eigenvalue weighted by Gasteiger charge is 2.30. The second kappa shape index (κ2) is 6.09. The summed E-state index contributed by atoms with van der Waals surface area (Å²) in [7, 11) is 1.47. The molecule has 116 valence electrons. The van der Waals surface area contributed by atoms with Crippen LogP contribution in [0.1, 0.15) is 21.5 Å². The van der Waals surface area contributed by atoms with Gasteiger partial charge in [0.25, 0.3) is 5.91 Å². The van der Waals surface area contributed by atoms with Crippen LogP contribution in [0.5, 0.6) is 5.75 Å². The van der Waals surface area contributed by atoms with Crippen LogP contribution < -0.4 is 10.1 Å². The van der Waals surface area contributed by atoms with Gasteiger partial charge < -0.3 is 10.1 Å². The molecular weight excluding hydrogens is 295 g/mol. The minimum Gasteiger partial charge on any atom is -0.495 e. The first kappa shape index (κ1) is 15.9.